The number of H-pyrrole nitrogens is 2. The number of nitrogens with one attached hydrogen (secondary N) is 2. The number of likely N-dealkylation sites (N-methyl/N-ethyl adjacent to an activating group) is 2. The van der Waals surface area contributed by atoms with E-state index in [-0.39, 0.29) is 51.4 Å². The van der Waals surface area contributed by atoms with Gasteiger partial charge in [0.25, 0.3) is 0 Å². The quantitative estimate of drug-likeness (QED) is 0.108. The molecule has 22 nitrogen and oxygen atoms in total. The molecule has 26 heteroatoms. The first-order valence-corrected chi connectivity index (χ1v) is 29.9. The van der Waals surface area contributed by atoms with Crippen molar-refractivity contribution in [2.45, 2.75) is 32.9 Å². The molecule has 0 unspecified atom stereocenters. The molecule has 0 aliphatic carbocycles. The summed E-state index contributed by atoms with van der Waals surface area (Å²) in [4.78, 5) is 65.2. The predicted octanol–water partition coefficient (Wildman–Crippen LogP) is 11.0. The van der Waals surface area contributed by atoms with Crippen molar-refractivity contribution >= 4 is 102 Å². The second-order valence-corrected chi connectivity index (χ2v) is 23.2. The normalized spacial score (nSPS) is 15.4. The van der Waals surface area contributed by atoms with Gasteiger partial charge in [-0.1, -0.05) is 66.2 Å². The minimum Gasteiger partial charge on any atom is -0.435 e. The zero-order valence-corrected chi connectivity index (χ0v) is 51.0. The van der Waals surface area contributed by atoms with E-state index < -0.39 is 5.82 Å². The van der Waals surface area contributed by atoms with Crippen LogP contribution in [0.3, 0.4) is 0 Å². The molecular weight excluding hydrogens is 1200 g/mol. The average Bonchev–Trinajstić information content (AvgIpc) is 2.06. The number of aromatic nitrogens is 10. The highest BCUT2D eigenvalue weighted by atomic mass is 35.5. The van der Waals surface area contributed by atoms with E-state index in [1.807, 2.05) is 24.3 Å². The lowest BCUT2D eigenvalue weighted by Gasteiger charge is -2.35. The maximum atomic E-state index is 14.8. The Labute approximate surface area is 524 Å². The largest absolute Gasteiger partial charge is 0.435 e. The maximum absolute atomic E-state index is 14.8. The molecule has 10 heterocycles. The van der Waals surface area contributed by atoms with Gasteiger partial charge in [-0.25, -0.2) is 14.4 Å². The van der Waals surface area contributed by atoms with Gasteiger partial charge in [0.05, 0.1) is 50.0 Å². The first kappa shape index (κ1) is 58.7. The summed E-state index contributed by atoms with van der Waals surface area (Å²) in [5.74, 6) is 2.45. The molecule has 4 aromatic carbocycles. The standard InChI is InChI=1S/C32H30ClFN8O3.C31H28Cl2N8O3/c1-4-26(43)41-11-13-42(14-12-41)30-20-7-9-35-31(45-29-21-16-36-39-24(21)15-23(34)27(29)33)28(20)37-32(38-30)44-25-6-5-18(2)19-8-10-40(3)17-22(19)25;1-3-25(42)40-11-13-41(14-12-40)29-20-7-9-34-30(44-28-21-16-35-38-23(21)15-22(32)26(28)33)27(20)36-31(37-29)43-24-6-4-5-18-17-39(2)10-8-19(18)24/h4-7,9,15-16H,1,8,10-14,17H2,2-3H3,(H,36,39);3-7,9,15-16H,1,8,10-14,17H2,2H3,(H,35,38). The van der Waals surface area contributed by atoms with E-state index in [0.717, 1.165) is 50.1 Å². The van der Waals surface area contributed by atoms with Crippen LogP contribution in [0.15, 0.2) is 105 Å². The molecule has 2 N–H and O–H groups in total. The van der Waals surface area contributed by atoms with Crippen LogP contribution in [0.4, 0.5) is 16.0 Å². The number of piperazine rings is 2. The number of carbonyl (C=O) groups excluding carboxylic acids is 2. The molecule has 4 aliphatic rings. The van der Waals surface area contributed by atoms with Gasteiger partial charge in [-0.3, -0.25) is 19.8 Å². The van der Waals surface area contributed by atoms with E-state index in [4.69, 9.17) is 73.7 Å². The molecule has 2 amide bonds. The van der Waals surface area contributed by atoms with Crippen LogP contribution in [-0.2, 0) is 35.5 Å². The number of amides is 2. The summed E-state index contributed by atoms with van der Waals surface area (Å²) in [6, 6.07) is 16.9. The molecule has 0 atom stereocenters. The van der Waals surface area contributed by atoms with Gasteiger partial charge >= 0.3 is 12.0 Å². The first-order chi connectivity index (χ1) is 43.2. The Morgan fingerprint density at radius 1 is 0.584 bits per heavy atom. The van der Waals surface area contributed by atoms with Gasteiger partial charge < -0.3 is 48.3 Å². The summed E-state index contributed by atoms with van der Waals surface area (Å²) in [5, 5.41) is 16.6. The first-order valence-electron chi connectivity index (χ1n) is 28.8. The van der Waals surface area contributed by atoms with Gasteiger partial charge in [-0.05, 0) is 93.0 Å². The van der Waals surface area contributed by atoms with Crippen LogP contribution >= 0.6 is 34.8 Å². The number of nitrogens with zero attached hydrogens (tertiary/aromatic N) is 14. The number of halogens is 4. The SMILES string of the molecule is C=CC(=O)N1CCN(c2nc(Oc3ccc(C)c4c3CN(C)CC4)nc3c(Oc4c(Cl)c(F)cc5[nH]ncc45)nccc23)CC1.C=CC(=O)N1CCN(c2nc(Oc3cccc4c3CCN(C)C4)nc3c(Oc4c(Cl)c(Cl)cc5[nH]ncc45)nccc23)CC1. The van der Waals surface area contributed by atoms with Crippen molar-refractivity contribution in [1.82, 2.24) is 69.9 Å². The number of aromatic amines is 2. The highest BCUT2D eigenvalue weighted by Crippen LogP contribution is 2.45. The third-order valence-electron chi connectivity index (χ3n) is 16.4. The monoisotopic (exact) mass is 1260 g/mol. The Balaban J connectivity index is 0.000000164. The van der Waals surface area contributed by atoms with Crippen molar-refractivity contribution in [3.8, 4) is 46.8 Å². The van der Waals surface area contributed by atoms with E-state index in [2.05, 4.69) is 96.3 Å². The van der Waals surface area contributed by atoms with Crippen molar-refractivity contribution in [2.75, 3.05) is 89.3 Å². The minimum absolute atomic E-state index is 0.0650. The lowest BCUT2D eigenvalue weighted by atomic mass is 9.94. The van der Waals surface area contributed by atoms with Crippen molar-refractivity contribution < 1.29 is 32.9 Å². The number of anilines is 2. The molecule has 14 rings (SSSR count). The van der Waals surface area contributed by atoms with Crippen LogP contribution in [-0.4, -0.2) is 161 Å². The summed E-state index contributed by atoms with van der Waals surface area (Å²) in [5.41, 5.74) is 7.83. The molecule has 0 radical (unpaired) electrons. The summed E-state index contributed by atoms with van der Waals surface area (Å²) in [6.45, 7) is 17.0. The highest BCUT2D eigenvalue weighted by Gasteiger charge is 2.30. The molecule has 2 fully saturated rings. The molecule has 10 aromatic rings. The second-order valence-electron chi connectivity index (χ2n) is 22.0. The van der Waals surface area contributed by atoms with Crippen LogP contribution in [0.1, 0.15) is 27.8 Å². The number of fused-ring (bicyclic) bond motifs is 6. The van der Waals surface area contributed by atoms with Crippen LogP contribution in [0.25, 0.3) is 43.6 Å². The number of aryl methyl sites for hydroxylation is 1. The van der Waals surface area contributed by atoms with E-state index in [1.54, 1.807) is 40.5 Å². The Morgan fingerprint density at radius 3 is 1.66 bits per heavy atom. The molecule has 0 bridgehead atoms. The van der Waals surface area contributed by atoms with Crippen LogP contribution in [0, 0.1) is 12.7 Å². The van der Waals surface area contributed by atoms with Crippen LogP contribution in [0.2, 0.25) is 15.1 Å². The van der Waals surface area contributed by atoms with Crippen LogP contribution < -0.4 is 28.7 Å². The molecule has 4 aliphatic heterocycles. The molecule has 454 valence electrons. The summed E-state index contributed by atoms with van der Waals surface area (Å²) in [6.07, 6.45) is 10.8. The van der Waals surface area contributed by atoms with Crippen molar-refractivity contribution in [3.05, 3.63) is 153 Å². The fourth-order valence-electron chi connectivity index (χ4n) is 11.7. The number of carbonyl (C=O) groups is 2. The summed E-state index contributed by atoms with van der Waals surface area (Å²) >= 11 is 19.4. The number of benzene rings is 4. The van der Waals surface area contributed by atoms with E-state index >= 15 is 0 Å². The maximum Gasteiger partial charge on any atom is 0.324 e. The van der Waals surface area contributed by atoms with Gasteiger partial charge in [-0.2, -0.15) is 30.1 Å². The van der Waals surface area contributed by atoms with E-state index in [1.165, 1.54) is 41.1 Å². The molecule has 0 spiro atoms. The van der Waals surface area contributed by atoms with Gasteiger partial charge in [-0.15, -0.1) is 0 Å². The minimum atomic E-state index is -0.663. The van der Waals surface area contributed by atoms with Gasteiger partial charge in [0.1, 0.15) is 50.0 Å². The van der Waals surface area contributed by atoms with Crippen molar-refractivity contribution in [3.63, 3.8) is 0 Å². The smallest absolute Gasteiger partial charge is 0.324 e. The van der Waals surface area contributed by atoms with Crippen molar-refractivity contribution in [1.29, 1.82) is 0 Å². The Kier molecular flexibility index (Phi) is 16.3. The number of ether oxygens (including phenoxy) is 4. The third-order valence-corrected chi connectivity index (χ3v) is 17.5. The second kappa shape index (κ2) is 24.7. The molecule has 0 saturated carbocycles. The van der Waals surface area contributed by atoms with Gasteiger partial charge in [0.2, 0.25) is 23.6 Å². The third kappa shape index (κ3) is 11.6. The number of rotatable bonds is 12. The summed E-state index contributed by atoms with van der Waals surface area (Å²) in [7, 11) is 4.19. The predicted molar refractivity (Wildman–Crippen MR) is 338 cm³/mol. The zero-order chi connectivity index (χ0) is 61.6. The molecular formula is C63H58Cl3FN16O6. The molecule has 89 heavy (non-hydrogen) atoms. The van der Waals surface area contributed by atoms with Crippen molar-refractivity contribution in [2.24, 2.45) is 0 Å². The number of hydrogen-bond acceptors (Lipinski definition) is 18. The lowest BCUT2D eigenvalue weighted by Crippen LogP contribution is -2.48. The zero-order valence-electron chi connectivity index (χ0n) is 48.7. The average molecular weight is 1260 g/mol. The number of pyridine rings is 2. The van der Waals surface area contributed by atoms with Crippen LogP contribution in [0.5, 0.6) is 46.8 Å². The fraction of sp³-hybridized carbons (Fsp3) is 0.270. The van der Waals surface area contributed by atoms with Gasteiger partial charge in [0.15, 0.2) is 11.5 Å². The highest BCUT2D eigenvalue weighted by molar-refractivity contribution is 6.44. The Morgan fingerprint density at radius 2 is 1.10 bits per heavy atom. The molecule has 6 aromatic heterocycles. The van der Waals surface area contributed by atoms with Gasteiger partial charge in [0, 0.05) is 108 Å². The Hall–Kier alpha value is -9.26. The fourth-order valence-corrected chi connectivity index (χ4v) is 12.3. The Bertz CT molecular complexity index is 4460. The number of hydrogen-bond donors (Lipinski definition) is 2. The van der Waals surface area contributed by atoms with E-state index in [0.29, 0.717) is 130 Å². The summed E-state index contributed by atoms with van der Waals surface area (Å²) < 4.78 is 40.3. The topological polar surface area (TPSA) is 225 Å². The lowest BCUT2D eigenvalue weighted by molar-refractivity contribution is -0.127. The molecule has 2 saturated heterocycles. The van der Waals surface area contributed by atoms with E-state index in [9.17, 15) is 14.0 Å².